The maximum atomic E-state index is 7.13. The molecule has 12 rings (SSSR count). The summed E-state index contributed by atoms with van der Waals surface area (Å²) in [5, 5.41) is 4.52. The minimum absolute atomic E-state index is 0.168. The summed E-state index contributed by atoms with van der Waals surface area (Å²) in [5.74, 6) is 0. The maximum absolute atomic E-state index is 7.13. The Kier molecular flexibility index (Phi) is 6.93. The molecule has 58 heavy (non-hydrogen) atoms. The van der Waals surface area contributed by atoms with Gasteiger partial charge in [0.05, 0.1) is 16.8 Å². The third kappa shape index (κ3) is 4.38. The van der Waals surface area contributed by atoms with Crippen molar-refractivity contribution in [2.45, 2.75) is 24.7 Å². The van der Waals surface area contributed by atoms with Crippen LogP contribution in [0.3, 0.4) is 0 Å². The van der Waals surface area contributed by atoms with Gasteiger partial charge in [-0.1, -0.05) is 184 Å². The number of rotatable bonds is 5. The van der Waals surface area contributed by atoms with Crippen molar-refractivity contribution < 1.29 is 4.42 Å². The van der Waals surface area contributed by atoms with E-state index in [-0.39, 0.29) is 5.41 Å². The van der Waals surface area contributed by atoms with E-state index in [2.05, 4.69) is 219 Å². The van der Waals surface area contributed by atoms with E-state index in [1.54, 1.807) is 0 Å². The molecule has 1 aromatic heterocycles. The third-order valence-corrected chi connectivity index (χ3v) is 13.1. The van der Waals surface area contributed by atoms with Gasteiger partial charge in [0.2, 0.25) is 0 Å². The van der Waals surface area contributed by atoms with E-state index < -0.39 is 5.41 Å². The molecule has 0 unspecified atom stereocenters. The van der Waals surface area contributed by atoms with Crippen LogP contribution in [0.4, 0.5) is 17.1 Å². The van der Waals surface area contributed by atoms with Crippen LogP contribution < -0.4 is 4.90 Å². The summed E-state index contributed by atoms with van der Waals surface area (Å²) >= 11 is 0. The highest BCUT2D eigenvalue weighted by Crippen LogP contribution is 2.60. The van der Waals surface area contributed by atoms with Gasteiger partial charge in [-0.2, -0.15) is 0 Å². The minimum Gasteiger partial charge on any atom is -0.453 e. The van der Waals surface area contributed by atoms with E-state index in [1.807, 2.05) is 0 Å². The second kappa shape index (κ2) is 12.2. The van der Waals surface area contributed by atoms with Gasteiger partial charge in [-0.15, -0.1) is 0 Å². The van der Waals surface area contributed by atoms with Gasteiger partial charge < -0.3 is 9.32 Å². The number of anilines is 3. The highest BCUT2D eigenvalue weighted by atomic mass is 16.3. The number of hydrogen-bond donors (Lipinski definition) is 0. The molecule has 274 valence electrons. The molecular formula is C56H39NO. The molecule has 0 bridgehead atoms. The Morgan fingerprint density at radius 2 is 0.983 bits per heavy atom. The lowest BCUT2D eigenvalue weighted by Crippen LogP contribution is -2.28. The predicted octanol–water partition coefficient (Wildman–Crippen LogP) is 14.9. The van der Waals surface area contributed by atoms with Gasteiger partial charge in [-0.05, 0) is 85.8 Å². The molecule has 0 N–H and O–H groups in total. The first kappa shape index (κ1) is 33.0. The summed E-state index contributed by atoms with van der Waals surface area (Å²) in [6, 6.07) is 73.7. The molecule has 0 amide bonds. The number of furan rings is 1. The average molecular weight is 742 g/mol. The molecular weight excluding hydrogens is 703 g/mol. The van der Waals surface area contributed by atoms with E-state index in [0.29, 0.717) is 0 Å². The molecule has 2 heteroatoms. The number of nitrogens with zero attached hydrogens (tertiary/aromatic N) is 1. The Bertz CT molecular complexity index is 3220. The van der Waals surface area contributed by atoms with Crippen molar-refractivity contribution in [2.75, 3.05) is 4.90 Å². The molecule has 0 aliphatic heterocycles. The van der Waals surface area contributed by atoms with E-state index in [1.165, 1.54) is 61.0 Å². The lowest BCUT2D eigenvalue weighted by molar-refractivity contribution is 0.660. The lowest BCUT2D eigenvalue weighted by atomic mass is 9.68. The molecule has 2 aliphatic carbocycles. The fourth-order valence-electron chi connectivity index (χ4n) is 10.6. The Hall–Kier alpha value is -7.16. The van der Waals surface area contributed by atoms with Gasteiger partial charge in [0.15, 0.2) is 5.58 Å². The Morgan fingerprint density at radius 1 is 0.397 bits per heavy atom. The summed E-state index contributed by atoms with van der Waals surface area (Å²) in [4.78, 5) is 2.48. The van der Waals surface area contributed by atoms with Crippen LogP contribution in [-0.2, 0) is 10.8 Å². The second-order valence-corrected chi connectivity index (χ2v) is 16.4. The van der Waals surface area contributed by atoms with Crippen LogP contribution in [0.2, 0.25) is 0 Å². The van der Waals surface area contributed by atoms with Crippen molar-refractivity contribution >= 4 is 49.8 Å². The minimum atomic E-state index is -0.526. The zero-order valence-electron chi connectivity index (χ0n) is 32.4. The molecule has 0 fully saturated rings. The summed E-state index contributed by atoms with van der Waals surface area (Å²) < 4.78 is 7.13. The number of hydrogen-bond acceptors (Lipinski definition) is 2. The van der Waals surface area contributed by atoms with E-state index in [0.717, 1.165) is 44.4 Å². The predicted molar refractivity (Wildman–Crippen MR) is 241 cm³/mol. The van der Waals surface area contributed by atoms with E-state index >= 15 is 0 Å². The van der Waals surface area contributed by atoms with Gasteiger partial charge in [-0.3, -0.25) is 0 Å². The molecule has 2 aliphatic rings. The molecule has 0 spiro atoms. The monoisotopic (exact) mass is 741 g/mol. The van der Waals surface area contributed by atoms with Crippen LogP contribution in [0.15, 0.2) is 205 Å². The van der Waals surface area contributed by atoms with E-state index in [9.17, 15) is 0 Å². The number of fused-ring (bicyclic) bond motifs is 11. The summed E-state index contributed by atoms with van der Waals surface area (Å²) in [6.07, 6.45) is 0. The average Bonchev–Trinajstić information content (AvgIpc) is 3.89. The van der Waals surface area contributed by atoms with Gasteiger partial charge >= 0.3 is 0 Å². The molecule has 0 radical (unpaired) electrons. The van der Waals surface area contributed by atoms with Crippen LogP contribution in [0, 0.1) is 0 Å². The van der Waals surface area contributed by atoms with Crippen molar-refractivity contribution in [3.8, 4) is 22.3 Å². The van der Waals surface area contributed by atoms with Gasteiger partial charge in [0.1, 0.15) is 5.58 Å². The third-order valence-electron chi connectivity index (χ3n) is 13.1. The first-order chi connectivity index (χ1) is 28.5. The number of benzene rings is 9. The molecule has 0 saturated heterocycles. The largest absolute Gasteiger partial charge is 0.453 e. The fraction of sp³-hybridized carbons (Fsp3) is 0.0714. The molecule has 2 nitrogen and oxygen atoms in total. The molecule has 10 aromatic rings. The zero-order valence-corrected chi connectivity index (χ0v) is 32.4. The SMILES string of the molecule is CC1(C)c2ccccc2-c2ccc(N(c3cccc4c3-c3ccccc3C4(c3ccccc3)c3ccccc3)c3cccc4c3oc3c5ccccc5ccc43)cc21. The molecule has 0 saturated carbocycles. The van der Waals surface area contributed by atoms with Gasteiger partial charge in [0.25, 0.3) is 0 Å². The van der Waals surface area contributed by atoms with Crippen LogP contribution in [0.25, 0.3) is 55.0 Å². The lowest BCUT2D eigenvalue weighted by Gasteiger charge is -2.34. The summed E-state index contributed by atoms with van der Waals surface area (Å²) in [6.45, 7) is 4.73. The van der Waals surface area contributed by atoms with Crippen LogP contribution in [0.5, 0.6) is 0 Å². The van der Waals surface area contributed by atoms with Crippen LogP contribution in [0.1, 0.15) is 47.2 Å². The van der Waals surface area contributed by atoms with Gasteiger partial charge in [-0.25, -0.2) is 0 Å². The second-order valence-electron chi connectivity index (χ2n) is 16.4. The zero-order chi connectivity index (χ0) is 38.6. The Morgan fingerprint density at radius 3 is 1.78 bits per heavy atom. The smallest absolute Gasteiger partial charge is 0.159 e. The highest BCUT2D eigenvalue weighted by molar-refractivity contribution is 6.18. The standard InChI is InChI=1S/C56H39NO/c1-55(2)46-26-13-11-23-41(46)42-34-32-39(35-49(42)55)57(51-30-15-25-43-44-33-31-36-17-9-10-22-40(36)53(44)58-54(43)51)50-29-16-28-48-52(50)45-24-12-14-27-47(45)56(48,37-18-5-3-6-19-37)38-20-7-4-8-21-38/h3-35H,1-2H3. The van der Waals surface area contributed by atoms with Crippen molar-refractivity contribution in [2.24, 2.45) is 0 Å². The topological polar surface area (TPSA) is 16.4 Å². The first-order valence-corrected chi connectivity index (χ1v) is 20.3. The summed E-state index contributed by atoms with van der Waals surface area (Å²) in [7, 11) is 0. The van der Waals surface area contributed by atoms with Crippen molar-refractivity contribution in [3.05, 3.63) is 234 Å². The van der Waals surface area contributed by atoms with Crippen molar-refractivity contribution in [1.29, 1.82) is 0 Å². The highest BCUT2D eigenvalue weighted by Gasteiger charge is 2.47. The molecule has 1 heterocycles. The van der Waals surface area contributed by atoms with Crippen molar-refractivity contribution in [1.82, 2.24) is 0 Å². The van der Waals surface area contributed by atoms with E-state index in [4.69, 9.17) is 4.42 Å². The quantitative estimate of drug-likeness (QED) is 0.175. The maximum Gasteiger partial charge on any atom is 0.159 e. The summed E-state index contributed by atoms with van der Waals surface area (Å²) in [5.41, 5.74) is 17.2. The molecule has 0 atom stereocenters. The van der Waals surface area contributed by atoms with Gasteiger partial charge in [0, 0.05) is 32.8 Å². The number of para-hydroxylation sites is 1. The Labute approximate surface area is 338 Å². The normalized spacial score (nSPS) is 14.3. The Balaban J connectivity index is 1.19. The fourth-order valence-corrected chi connectivity index (χ4v) is 10.6. The van der Waals surface area contributed by atoms with Crippen LogP contribution in [-0.4, -0.2) is 0 Å². The first-order valence-electron chi connectivity index (χ1n) is 20.3. The van der Waals surface area contributed by atoms with Crippen LogP contribution >= 0.6 is 0 Å². The van der Waals surface area contributed by atoms with Crippen molar-refractivity contribution in [3.63, 3.8) is 0 Å². The molecule has 9 aromatic carbocycles.